The lowest BCUT2D eigenvalue weighted by molar-refractivity contribution is -0.129. The van der Waals surface area contributed by atoms with Gasteiger partial charge >= 0.3 is 0 Å². The average molecular weight is 342 g/mol. The van der Waals surface area contributed by atoms with E-state index >= 15 is 0 Å². The van der Waals surface area contributed by atoms with Crippen LogP contribution in [-0.2, 0) is 14.8 Å². The van der Waals surface area contributed by atoms with Gasteiger partial charge in [-0.1, -0.05) is 0 Å². The van der Waals surface area contributed by atoms with Crippen molar-refractivity contribution in [1.29, 1.82) is 0 Å². The van der Waals surface area contributed by atoms with Crippen LogP contribution in [0.25, 0.3) is 0 Å². The summed E-state index contributed by atoms with van der Waals surface area (Å²) in [4.78, 5) is 14.0. The van der Waals surface area contributed by atoms with E-state index in [1.165, 1.54) is 0 Å². The molecule has 23 heavy (non-hydrogen) atoms. The highest BCUT2D eigenvalue weighted by atomic mass is 32.2. The Labute approximate surface area is 136 Å². The van der Waals surface area contributed by atoms with E-state index in [1.807, 2.05) is 13.8 Å². The van der Waals surface area contributed by atoms with Gasteiger partial charge in [0.15, 0.2) is 11.5 Å². The van der Waals surface area contributed by atoms with Gasteiger partial charge in [0.2, 0.25) is 22.7 Å². The maximum absolute atomic E-state index is 12.4. The second kappa shape index (κ2) is 7.08. The molecule has 0 bridgehead atoms. The van der Waals surface area contributed by atoms with Crippen LogP contribution in [0, 0.1) is 0 Å². The molecule has 0 N–H and O–H groups in total. The molecule has 0 radical (unpaired) electrons. The molecule has 1 aliphatic heterocycles. The number of ether oxygens (including phenoxy) is 2. The number of carbonyl (C=O) groups excluding carboxylic acids is 1. The maximum atomic E-state index is 12.4. The third kappa shape index (κ3) is 3.69. The minimum atomic E-state index is -3.59. The summed E-state index contributed by atoms with van der Waals surface area (Å²) in [6.45, 7) is 6.24. The normalized spacial score (nSPS) is 13.0. The van der Waals surface area contributed by atoms with Gasteiger partial charge in [-0.05, 0) is 32.9 Å². The van der Waals surface area contributed by atoms with Crippen LogP contribution in [-0.4, -0.2) is 51.4 Å². The van der Waals surface area contributed by atoms with E-state index in [4.69, 9.17) is 9.47 Å². The minimum absolute atomic E-state index is 0.0903. The molecule has 2 rings (SSSR count). The van der Waals surface area contributed by atoms with Gasteiger partial charge in [0, 0.05) is 19.2 Å². The van der Waals surface area contributed by atoms with E-state index in [2.05, 4.69) is 0 Å². The molecule has 1 heterocycles. The van der Waals surface area contributed by atoms with Crippen LogP contribution >= 0.6 is 0 Å². The molecular weight excluding hydrogens is 320 g/mol. The van der Waals surface area contributed by atoms with Crippen LogP contribution in [0.3, 0.4) is 0 Å². The monoisotopic (exact) mass is 342 g/mol. The number of amides is 1. The van der Waals surface area contributed by atoms with Crippen molar-refractivity contribution in [2.75, 3.05) is 36.5 Å². The van der Waals surface area contributed by atoms with E-state index in [0.717, 1.165) is 4.31 Å². The van der Waals surface area contributed by atoms with Crippen molar-refractivity contribution in [3.8, 4) is 11.5 Å². The molecule has 0 saturated heterocycles. The van der Waals surface area contributed by atoms with Gasteiger partial charge in [0.05, 0.1) is 11.4 Å². The Morgan fingerprint density at radius 3 is 2.39 bits per heavy atom. The smallest absolute Gasteiger partial charge is 0.243 e. The first kappa shape index (κ1) is 17.4. The molecule has 1 aromatic carbocycles. The molecule has 0 aliphatic carbocycles. The van der Waals surface area contributed by atoms with E-state index in [0.29, 0.717) is 30.3 Å². The molecule has 7 nitrogen and oxygen atoms in total. The van der Waals surface area contributed by atoms with Gasteiger partial charge in [-0.15, -0.1) is 0 Å². The predicted molar refractivity (Wildman–Crippen MR) is 87.3 cm³/mol. The first-order valence-electron chi connectivity index (χ1n) is 7.60. The van der Waals surface area contributed by atoms with Crippen molar-refractivity contribution in [1.82, 2.24) is 4.90 Å². The van der Waals surface area contributed by atoms with Crippen molar-refractivity contribution in [3.05, 3.63) is 18.2 Å². The molecule has 0 unspecified atom stereocenters. The van der Waals surface area contributed by atoms with Crippen LogP contribution in [0.15, 0.2) is 18.2 Å². The SMILES string of the molecule is CCN(CC)C(=O)CN(c1ccc2c(c1)OCO2)S(=O)(=O)CC. The van der Waals surface area contributed by atoms with Crippen molar-refractivity contribution >= 4 is 21.6 Å². The summed E-state index contributed by atoms with van der Waals surface area (Å²) < 4.78 is 36.5. The second-order valence-corrected chi connectivity index (χ2v) is 7.19. The van der Waals surface area contributed by atoms with Crippen LogP contribution in [0.5, 0.6) is 11.5 Å². The summed E-state index contributed by atoms with van der Waals surface area (Å²) in [5.41, 5.74) is 0.400. The van der Waals surface area contributed by atoms with Gasteiger partial charge in [-0.2, -0.15) is 0 Å². The fraction of sp³-hybridized carbons (Fsp3) is 0.533. The molecule has 8 heteroatoms. The van der Waals surface area contributed by atoms with Crippen molar-refractivity contribution in [2.45, 2.75) is 20.8 Å². The quantitative estimate of drug-likeness (QED) is 0.749. The molecule has 1 aromatic rings. The summed E-state index contributed by atoms with van der Waals surface area (Å²) in [5.74, 6) is 0.726. The minimum Gasteiger partial charge on any atom is -0.454 e. The molecule has 1 amide bonds. The topological polar surface area (TPSA) is 76.2 Å². The van der Waals surface area contributed by atoms with Crippen molar-refractivity contribution < 1.29 is 22.7 Å². The van der Waals surface area contributed by atoms with Crippen molar-refractivity contribution in [3.63, 3.8) is 0 Å². The standard InChI is InChI=1S/C15H22N2O5S/c1-4-16(5-2)15(18)10-17(23(19,20)6-3)12-7-8-13-14(9-12)22-11-21-13/h7-9H,4-6,10-11H2,1-3H3. The average Bonchev–Trinajstić information content (AvgIpc) is 3.01. The highest BCUT2D eigenvalue weighted by Gasteiger charge is 2.27. The zero-order chi connectivity index (χ0) is 17.0. The van der Waals surface area contributed by atoms with Gasteiger partial charge in [-0.25, -0.2) is 8.42 Å². The zero-order valence-corrected chi connectivity index (χ0v) is 14.4. The van der Waals surface area contributed by atoms with Crippen molar-refractivity contribution in [2.24, 2.45) is 0 Å². The van der Waals surface area contributed by atoms with E-state index in [9.17, 15) is 13.2 Å². The largest absolute Gasteiger partial charge is 0.454 e. The Morgan fingerprint density at radius 2 is 1.78 bits per heavy atom. The Morgan fingerprint density at radius 1 is 1.13 bits per heavy atom. The summed E-state index contributed by atoms with van der Waals surface area (Å²) >= 11 is 0. The Balaban J connectivity index is 2.34. The number of nitrogens with zero attached hydrogens (tertiary/aromatic N) is 2. The molecule has 0 atom stereocenters. The molecule has 128 valence electrons. The van der Waals surface area contributed by atoms with Gasteiger partial charge < -0.3 is 14.4 Å². The third-order valence-corrected chi connectivity index (χ3v) is 5.48. The maximum Gasteiger partial charge on any atom is 0.243 e. The molecule has 0 spiro atoms. The van der Waals surface area contributed by atoms with Crippen LogP contribution < -0.4 is 13.8 Å². The number of fused-ring (bicyclic) bond motifs is 1. The summed E-state index contributed by atoms with van der Waals surface area (Å²) in [5, 5.41) is 0. The number of sulfonamides is 1. The second-order valence-electron chi connectivity index (χ2n) is 5.01. The highest BCUT2D eigenvalue weighted by molar-refractivity contribution is 7.92. The number of hydrogen-bond acceptors (Lipinski definition) is 5. The van der Waals surface area contributed by atoms with E-state index in [-0.39, 0.29) is 25.0 Å². The first-order chi connectivity index (χ1) is 10.9. The highest BCUT2D eigenvalue weighted by Crippen LogP contribution is 2.36. The fourth-order valence-corrected chi connectivity index (χ4v) is 3.40. The van der Waals surface area contributed by atoms with Crippen LogP contribution in [0.4, 0.5) is 5.69 Å². The number of benzene rings is 1. The summed E-state index contributed by atoms with van der Waals surface area (Å²) in [7, 11) is -3.59. The van der Waals surface area contributed by atoms with Gasteiger partial charge in [0.1, 0.15) is 6.54 Å². The Kier molecular flexibility index (Phi) is 5.35. The van der Waals surface area contributed by atoms with Gasteiger partial charge in [-0.3, -0.25) is 9.10 Å². The van der Waals surface area contributed by atoms with Gasteiger partial charge in [0.25, 0.3) is 0 Å². The summed E-state index contributed by atoms with van der Waals surface area (Å²) in [6.07, 6.45) is 0. The number of rotatable bonds is 7. The molecular formula is C15H22N2O5S. The molecule has 0 aromatic heterocycles. The van der Waals surface area contributed by atoms with E-state index < -0.39 is 10.0 Å². The lowest BCUT2D eigenvalue weighted by atomic mass is 10.2. The fourth-order valence-electron chi connectivity index (χ4n) is 2.35. The number of hydrogen-bond donors (Lipinski definition) is 0. The summed E-state index contributed by atoms with van der Waals surface area (Å²) in [6, 6.07) is 4.86. The third-order valence-electron chi connectivity index (χ3n) is 3.74. The molecule has 1 aliphatic rings. The predicted octanol–water partition coefficient (Wildman–Crippen LogP) is 1.44. The zero-order valence-electron chi connectivity index (χ0n) is 13.6. The number of likely N-dealkylation sites (N-methyl/N-ethyl adjacent to an activating group) is 1. The Hall–Kier alpha value is -1.96. The van der Waals surface area contributed by atoms with Crippen LogP contribution in [0.1, 0.15) is 20.8 Å². The number of carbonyl (C=O) groups is 1. The number of anilines is 1. The van der Waals surface area contributed by atoms with E-state index in [1.54, 1.807) is 30.0 Å². The molecule has 0 saturated carbocycles. The van der Waals surface area contributed by atoms with Crippen LogP contribution in [0.2, 0.25) is 0 Å². The molecule has 0 fully saturated rings. The lowest BCUT2D eigenvalue weighted by Gasteiger charge is -2.27. The first-order valence-corrected chi connectivity index (χ1v) is 9.21. The lowest BCUT2D eigenvalue weighted by Crippen LogP contribution is -2.43. The Bertz CT molecular complexity index is 670.